The standard InChI is InChI=1S/C17H21F3N2O/c18-17(19,20)15-4-1-3-14(11-15)16(23)22-8-2-7-21(9-10-22)12-13-5-6-13/h1,3-4,11,13H,2,5-10,12H2. The molecule has 1 aliphatic carbocycles. The number of nitrogens with zero attached hydrogens (tertiary/aromatic N) is 2. The van der Waals surface area contributed by atoms with Gasteiger partial charge in [0, 0.05) is 31.7 Å². The van der Waals surface area contributed by atoms with Crippen LogP contribution in [0.4, 0.5) is 13.2 Å². The van der Waals surface area contributed by atoms with Gasteiger partial charge in [-0.2, -0.15) is 13.2 Å². The zero-order valence-corrected chi connectivity index (χ0v) is 13.0. The number of alkyl halides is 3. The van der Waals surface area contributed by atoms with Gasteiger partial charge in [0.05, 0.1) is 5.56 Å². The number of carbonyl (C=O) groups is 1. The van der Waals surface area contributed by atoms with Crippen molar-refractivity contribution in [3.63, 3.8) is 0 Å². The Bertz CT molecular complexity index is 569. The smallest absolute Gasteiger partial charge is 0.337 e. The Morgan fingerprint density at radius 2 is 1.91 bits per heavy atom. The lowest BCUT2D eigenvalue weighted by molar-refractivity contribution is -0.137. The quantitative estimate of drug-likeness (QED) is 0.851. The zero-order valence-electron chi connectivity index (χ0n) is 13.0. The van der Waals surface area contributed by atoms with Crippen LogP contribution in [0.1, 0.15) is 35.2 Å². The van der Waals surface area contributed by atoms with Gasteiger partial charge in [-0.05, 0) is 49.9 Å². The van der Waals surface area contributed by atoms with E-state index in [-0.39, 0.29) is 11.5 Å². The Labute approximate surface area is 134 Å². The van der Waals surface area contributed by atoms with E-state index >= 15 is 0 Å². The maximum absolute atomic E-state index is 12.8. The molecular formula is C17H21F3N2O. The highest BCUT2D eigenvalue weighted by atomic mass is 19.4. The Morgan fingerprint density at radius 3 is 2.61 bits per heavy atom. The molecule has 0 aromatic heterocycles. The molecule has 0 bridgehead atoms. The van der Waals surface area contributed by atoms with Crippen molar-refractivity contribution in [2.24, 2.45) is 5.92 Å². The second-order valence-corrected chi connectivity index (χ2v) is 6.47. The van der Waals surface area contributed by atoms with Crippen LogP contribution in [-0.4, -0.2) is 48.4 Å². The summed E-state index contributed by atoms with van der Waals surface area (Å²) in [5, 5.41) is 0. The molecule has 1 aromatic carbocycles. The van der Waals surface area contributed by atoms with E-state index in [0.717, 1.165) is 44.1 Å². The molecule has 1 saturated carbocycles. The van der Waals surface area contributed by atoms with Crippen LogP contribution in [0.25, 0.3) is 0 Å². The molecule has 0 atom stereocenters. The molecule has 6 heteroatoms. The lowest BCUT2D eigenvalue weighted by Crippen LogP contribution is -2.35. The Morgan fingerprint density at radius 1 is 1.13 bits per heavy atom. The minimum absolute atomic E-state index is 0.121. The van der Waals surface area contributed by atoms with Gasteiger partial charge in [-0.3, -0.25) is 4.79 Å². The average Bonchev–Trinajstić information content (AvgIpc) is 3.34. The lowest BCUT2D eigenvalue weighted by Gasteiger charge is -2.22. The predicted octanol–water partition coefficient (Wildman–Crippen LogP) is 3.26. The van der Waals surface area contributed by atoms with Crippen LogP contribution in [-0.2, 0) is 6.18 Å². The average molecular weight is 326 g/mol. The molecule has 0 N–H and O–H groups in total. The SMILES string of the molecule is O=C(c1cccc(C(F)(F)F)c1)N1CCCN(CC2CC2)CC1. The number of benzene rings is 1. The zero-order chi connectivity index (χ0) is 16.4. The molecular weight excluding hydrogens is 305 g/mol. The summed E-state index contributed by atoms with van der Waals surface area (Å²) >= 11 is 0. The summed E-state index contributed by atoms with van der Waals surface area (Å²) in [6.45, 7) is 4.05. The molecule has 3 nitrogen and oxygen atoms in total. The van der Waals surface area contributed by atoms with Crippen LogP contribution in [0, 0.1) is 5.92 Å². The maximum atomic E-state index is 12.8. The highest BCUT2D eigenvalue weighted by Gasteiger charge is 2.32. The van der Waals surface area contributed by atoms with Gasteiger partial charge >= 0.3 is 6.18 Å². The van der Waals surface area contributed by atoms with Crippen molar-refractivity contribution >= 4 is 5.91 Å². The lowest BCUT2D eigenvalue weighted by atomic mass is 10.1. The van der Waals surface area contributed by atoms with Gasteiger partial charge in [0.2, 0.25) is 0 Å². The molecule has 2 fully saturated rings. The van der Waals surface area contributed by atoms with Gasteiger partial charge in [-0.1, -0.05) is 6.07 Å². The van der Waals surface area contributed by atoms with Crippen LogP contribution in [0.15, 0.2) is 24.3 Å². The number of hydrogen-bond donors (Lipinski definition) is 0. The first-order valence-corrected chi connectivity index (χ1v) is 8.12. The normalized spacial score (nSPS) is 20.4. The third-order valence-electron chi connectivity index (χ3n) is 4.53. The van der Waals surface area contributed by atoms with E-state index in [0.29, 0.717) is 13.1 Å². The molecule has 2 aliphatic rings. The minimum atomic E-state index is -4.42. The molecule has 23 heavy (non-hydrogen) atoms. The van der Waals surface area contributed by atoms with Crippen molar-refractivity contribution in [3.05, 3.63) is 35.4 Å². The summed E-state index contributed by atoms with van der Waals surface area (Å²) in [5.74, 6) is 0.505. The summed E-state index contributed by atoms with van der Waals surface area (Å²) in [6, 6.07) is 4.71. The monoisotopic (exact) mass is 326 g/mol. The molecule has 0 spiro atoms. The fraction of sp³-hybridized carbons (Fsp3) is 0.588. The molecule has 1 saturated heterocycles. The van der Waals surface area contributed by atoms with Crippen molar-refractivity contribution in [3.8, 4) is 0 Å². The van der Waals surface area contributed by atoms with Crippen LogP contribution in [0.5, 0.6) is 0 Å². The Hall–Kier alpha value is -1.56. The Balaban J connectivity index is 1.65. The summed E-state index contributed by atoms with van der Waals surface area (Å²) in [4.78, 5) is 16.6. The van der Waals surface area contributed by atoms with Crippen molar-refractivity contribution < 1.29 is 18.0 Å². The van der Waals surface area contributed by atoms with Gasteiger partial charge in [0.15, 0.2) is 0 Å². The third kappa shape index (κ3) is 4.25. The number of carbonyl (C=O) groups excluding carboxylic acids is 1. The Kier molecular flexibility index (Phi) is 4.62. The molecule has 1 amide bonds. The summed E-state index contributed by atoms with van der Waals surface area (Å²) in [5.41, 5.74) is -0.649. The van der Waals surface area contributed by atoms with Crippen molar-refractivity contribution in [1.82, 2.24) is 9.80 Å². The number of halogens is 3. The highest BCUT2D eigenvalue weighted by Crippen LogP contribution is 2.31. The topological polar surface area (TPSA) is 23.6 Å². The van der Waals surface area contributed by atoms with Gasteiger partial charge in [0.1, 0.15) is 0 Å². The first-order valence-electron chi connectivity index (χ1n) is 8.12. The molecule has 1 aliphatic heterocycles. The van der Waals surface area contributed by atoms with Gasteiger partial charge < -0.3 is 9.80 Å². The first kappa shape index (κ1) is 16.3. The van der Waals surface area contributed by atoms with E-state index in [1.165, 1.54) is 25.0 Å². The molecule has 1 heterocycles. The third-order valence-corrected chi connectivity index (χ3v) is 4.53. The van der Waals surface area contributed by atoms with Crippen molar-refractivity contribution in [2.45, 2.75) is 25.4 Å². The molecule has 1 aromatic rings. The molecule has 126 valence electrons. The van der Waals surface area contributed by atoms with E-state index in [1.807, 2.05) is 0 Å². The summed E-state index contributed by atoms with van der Waals surface area (Å²) in [7, 11) is 0. The summed E-state index contributed by atoms with van der Waals surface area (Å²) in [6.07, 6.45) is -0.958. The summed E-state index contributed by atoms with van der Waals surface area (Å²) < 4.78 is 38.4. The fourth-order valence-corrected chi connectivity index (χ4v) is 3.03. The van der Waals surface area contributed by atoms with Gasteiger partial charge in [-0.25, -0.2) is 0 Å². The van der Waals surface area contributed by atoms with Crippen molar-refractivity contribution in [1.29, 1.82) is 0 Å². The maximum Gasteiger partial charge on any atom is 0.416 e. The van der Waals surface area contributed by atoms with Crippen molar-refractivity contribution in [2.75, 3.05) is 32.7 Å². The number of amides is 1. The van der Waals surface area contributed by atoms with Crippen LogP contribution >= 0.6 is 0 Å². The fourth-order valence-electron chi connectivity index (χ4n) is 3.03. The van der Waals surface area contributed by atoms with Crippen LogP contribution in [0.2, 0.25) is 0 Å². The van der Waals surface area contributed by atoms with Crippen LogP contribution in [0.3, 0.4) is 0 Å². The van der Waals surface area contributed by atoms with E-state index in [9.17, 15) is 18.0 Å². The van der Waals surface area contributed by atoms with Gasteiger partial charge in [-0.15, -0.1) is 0 Å². The van der Waals surface area contributed by atoms with E-state index < -0.39 is 11.7 Å². The second kappa shape index (κ2) is 6.51. The second-order valence-electron chi connectivity index (χ2n) is 6.47. The van der Waals surface area contributed by atoms with E-state index in [1.54, 1.807) is 4.90 Å². The largest absolute Gasteiger partial charge is 0.416 e. The van der Waals surface area contributed by atoms with Crippen LogP contribution < -0.4 is 0 Å². The molecule has 0 radical (unpaired) electrons. The van der Waals surface area contributed by atoms with E-state index in [4.69, 9.17) is 0 Å². The number of hydrogen-bond acceptors (Lipinski definition) is 2. The highest BCUT2D eigenvalue weighted by molar-refractivity contribution is 5.94. The molecule has 0 unspecified atom stereocenters. The van der Waals surface area contributed by atoms with Gasteiger partial charge in [0.25, 0.3) is 5.91 Å². The van der Waals surface area contributed by atoms with E-state index in [2.05, 4.69) is 4.90 Å². The predicted molar refractivity (Wildman–Crippen MR) is 81.1 cm³/mol. The molecule has 3 rings (SSSR count). The number of rotatable bonds is 3. The minimum Gasteiger partial charge on any atom is -0.337 e. The first-order chi connectivity index (χ1) is 10.9.